The minimum atomic E-state index is -3.63. The Morgan fingerprint density at radius 2 is 1.88 bits per heavy atom. The van der Waals surface area contributed by atoms with E-state index in [1.54, 1.807) is 0 Å². The van der Waals surface area contributed by atoms with Crippen molar-refractivity contribution in [2.75, 3.05) is 13.1 Å². The molecule has 0 saturated carbocycles. The van der Waals surface area contributed by atoms with E-state index in [9.17, 15) is 22.0 Å². The molecule has 3 aromatic rings. The van der Waals surface area contributed by atoms with Crippen LogP contribution in [0, 0.1) is 17.6 Å². The monoisotopic (exact) mass is 491 g/mol. The second-order valence-corrected chi connectivity index (χ2v) is 11.0. The molecular formula is C23H23F2N3O3S2. The number of carbonyl (C=O) groups is 1. The third-order valence-electron chi connectivity index (χ3n) is 5.69. The van der Waals surface area contributed by atoms with Crippen molar-refractivity contribution in [3.63, 3.8) is 0 Å². The maximum absolute atomic E-state index is 14.4. The Morgan fingerprint density at radius 3 is 2.52 bits per heavy atom. The number of halogens is 2. The molecule has 1 aliphatic heterocycles. The van der Waals surface area contributed by atoms with E-state index in [4.69, 9.17) is 0 Å². The molecular weight excluding hydrogens is 468 g/mol. The van der Waals surface area contributed by atoms with Crippen LogP contribution in [0.2, 0.25) is 0 Å². The van der Waals surface area contributed by atoms with Crippen molar-refractivity contribution in [2.24, 2.45) is 10.9 Å². The Kier molecular flexibility index (Phi) is 6.60. The van der Waals surface area contributed by atoms with Gasteiger partial charge in [0.05, 0.1) is 15.1 Å². The van der Waals surface area contributed by atoms with Gasteiger partial charge in [-0.3, -0.25) is 4.79 Å². The number of thiazole rings is 1. The number of sulfonamides is 1. The minimum Gasteiger partial charge on any atom is -0.310 e. The van der Waals surface area contributed by atoms with Crippen molar-refractivity contribution in [1.82, 2.24) is 8.87 Å². The highest BCUT2D eigenvalue weighted by Gasteiger charge is 2.28. The van der Waals surface area contributed by atoms with Gasteiger partial charge in [0, 0.05) is 31.3 Å². The number of nitrogens with zero attached hydrogens (tertiary/aromatic N) is 3. The zero-order valence-electron chi connectivity index (χ0n) is 18.0. The van der Waals surface area contributed by atoms with Crippen LogP contribution in [0.25, 0.3) is 10.2 Å². The molecule has 174 valence electrons. The van der Waals surface area contributed by atoms with E-state index in [2.05, 4.69) is 18.5 Å². The number of carbonyl (C=O) groups excluding carboxylic acids is 1. The Labute approximate surface area is 194 Å². The molecule has 0 unspecified atom stereocenters. The summed E-state index contributed by atoms with van der Waals surface area (Å²) in [7, 11) is -3.63. The molecule has 2 aromatic carbocycles. The lowest BCUT2D eigenvalue weighted by Gasteiger charge is -2.29. The highest BCUT2D eigenvalue weighted by atomic mass is 32.2. The summed E-state index contributed by atoms with van der Waals surface area (Å²) in [5.41, 5.74) is 0.334. The molecule has 1 aromatic heterocycles. The van der Waals surface area contributed by atoms with Gasteiger partial charge in [-0.1, -0.05) is 24.3 Å². The number of rotatable bonds is 5. The molecule has 1 aliphatic rings. The number of piperidine rings is 1. The first-order valence-electron chi connectivity index (χ1n) is 10.5. The van der Waals surface area contributed by atoms with Crippen LogP contribution < -0.4 is 4.80 Å². The van der Waals surface area contributed by atoms with Crippen molar-refractivity contribution in [3.05, 3.63) is 71.1 Å². The Bertz CT molecular complexity index is 1380. The molecule has 6 nitrogen and oxygen atoms in total. The third-order valence-corrected chi connectivity index (χ3v) is 8.62. The standard InChI is InChI=1S/C23H23F2N3O3S2/c1-3-10-28-21-19(25)13-17(24)14-20(21)32-23(28)26-22(29)16-4-6-18(7-5-16)33(30,31)27-11-8-15(2)9-12-27/h3-7,13-15H,1,8-12H2,2H3. The van der Waals surface area contributed by atoms with Crippen LogP contribution in [-0.2, 0) is 16.6 Å². The molecule has 1 amide bonds. The second-order valence-electron chi connectivity index (χ2n) is 8.05. The van der Waals surface area contributed by atoms with Crippen LogP contribution in [-0.4, -0.2) is 36.3 Å². The van der Waals surface area contributed by atoms with E-state index < -0.39 is 27.6 Å². The molecule has 33 heavy (non-hydrogen) atoms. The first-order chi connectivity index (χ1) is 15.7. The summed E-state index contributed by atoms with van der Waals surface area (Å²) in [5, 5.41) is 0. The van der Waals surface area contributed by atoms with Gasteiger partial charge in [0.2, 0.25) is 10.0 Å². The Balaban J connectivity index is 1.65. The van der Waals surface area contributed by atoms with Crippen molar-refractivity contribution in [2.45, 2.75) is 31.2 Å². The van der Waals surface area contributed by atoms with Crippen LogP contribution in [0.4, 0.5) is 8.78 Å². The lowest BCUT2D eigenvalue weighted by molar-refractivity contribution is 0.0997. The van der Waals surface area contributed by atoms with Gasteiger partial charge in [0.15, 0.2) is 10.6 Å². The average molecular weight is 492 g/mol. The maximum atomic E-state index is 14.4. The third kappa shape index (κ3) is 4.68. The van der Waals surface area contributed by atoms with Crippen LogP contribution in [0.3, 0.4) is 0 Å². The smallest absolute Gasteiger partial charge is 0.279 e. The number of amides is 1. The normalized spacial score (nSPS) is 16.4. The second kappa shape index (κ2) is 9.28. The number of hydrogen-bond acceptors (Lipinski definition) is 4. The van der Waals surface area contributed by atoms with E-state index in [0.29, 0.717) is 23.7 Å². The largest absolute Gasteiger partial charge is 0.310 e. The average Bonchev–Trinajstić information content (AvgIpc) is 3.11. The molecule has 0 spiro atoms. The SMILES string of the molecule is C=CCn1c(=NC(=O)c2ccc(S(=O)(=O)N3CCC(C)CC3)cc2)sc2cc(F)cc(F)c21. The molecule has 1 saturated heterocycles. The van der Waals surface area contributed by atoms with Crippen LogP contribution in [0.15, 0.2) is 58.9 Å². The van der Waals surface area contributed by atoms with E-state index >= 15 is 0 Å². The summed E-state index contributed by atoms with van der Waals surface area (Å²) >= 11 is 0.987. The number of fused-ring (bicyclic) bond motifs is 1. The van der Waals surface area contributed by atoms with E-state index in [-0.39, 0.29) is 27.3 Å². The van der Waals surface area contributed by atoms with Crippen molar-refractivity contribution >= 4 is 37.5 Å². The molecule has 1 fully saturated rings. The van der Waals surface area contributed by atoms with Gasteiger partial charge >= 0.3 is 0 Å². The molecule has 2 heterocycles. The predicted molar refractivity (Wildman–Crippen MR) is 123 cm³/mol. The molecule has 0 radical (unpaired) electrons. The molecule has 10 heteroatoms. The summed E-state index contributed by atoms with van der Waals surface area (Å²) in [4.78, 5) is 17.2. The highest BCUT2D eigenvalue weighted by Crippen LogP contribution is 2.24. The lowest BCUT2D eigenvalue weighted by Crippen LogP contribution is -2.37. The zero-order chi connectivity index (χ0) is 23.8. The fourth-order valence-electron chi connectivity index (χ4n) is 3.81. The number of allylic oxidation sites excluding steroid dienone is 1. The van der Waals surface area contributed by atoms with Crippen LogP contribution in [0.1, 0.15) is 30.1 Å². The fraction of sp³-hybridized carbons (Fsp3) is 0.304. The molecule has 0 aliphatic carbocycles. The van der Waals surface area contributed by atoms with Crippen LogP contribution in [0.5, 0.6) is 0 Å². The zero-order valence-corrected chi connectivity index (χ0v) is 19.6. The number of hydrogen-bond donors (Lipinski definition) is 0. The summed E-state index contributed by atoms with van der Waals surface area (Å²) in [6, 6.07) is 7.59. The Hall–Kier alpha value is -2.69. The quantitative estimate of drug-likeness (QED) is 0.499. The van der Waals surface area contributed by atoms with E-state index in [1.165, 1.54) is 45.3 Å². The van der Waals surface area contributed by atoms with Gasteiger partial charge in [-0.05, 0) is 49.1 Å². The van der Waals surface area contributed by atoms with Crippen molar-refractivity contribution < 1.29 is 22.0 Å². The first-order valence-corrected chi connectivity index (χ1v) is 12.7. The maximum Gasteiger partial charge on any atom is 0.279 e. The van der Waals surface area contributed by atoms with Crippen LogP contribution >= 0.6 is 11.3 Å². The van der Waals surface area contributed by atoms with Gasteiger partial charge in [-0.15, -0.1) is 6.58 Å². The molecule has 0 bridgehead atoms. The minimum absolute atomic E-state index is 0.120. The topological polar surface area (TPSA) is 71.7 Å². The molecule has 4 rings (SSSR count). The summed E-state index contributed by atoms with van der Waals surface area (Å²) in [6.07, 6.45) is 3.16. The first kappa shape index (κ1) is 23.5. The Morgan fingerprint density at radius 1 is 1.21 bits per heavy atom. The predicted octanol–water partition coefficient (Wildman–Crippen LogP) is 4.33. The van der Waals surface area contributed by atoms with Gasteiger partial charge < -0.3 is 4.57 Å². The van der Waals surface area contributed by atoms with Crippen molar-refractivity contribution in [3.8, 4) is 0 Å². The molecule has 0 N–H and O–H groups in total. The molecule has 0 atom stereocenters. The summed E-state index contributed by atoms with van der Waals surface area (Å²) in [5.74, 6) is -1.58. The van der Waals surface area contributed by atoms with Gasteiger partial charge in [0.25, 0.3) is 5.91 Å². The number of aromatic nitrogens is 1. The van der Waals surface area contributed by atoms with Gasteiger partial charge in [0.1, 0.15) is 5.82 Å². The van der Waals surface area contributed by atoms with Gasteiger partial charge in [-0.25, -0.2) is 17.2 Å². The highest BCUT2D eigenvalue weighted by molar-refractivity contribution is 7.89. The lowest BCUT2D eigenvalue weighted by atomic mass is 10.0. The van der Waals surface area contributed by atoms with E-state index in [0.717, 1.165) is 30.2 Å². The fourth-order valence-corrected chi connectivity index (χ4v) is 6.35. The number of benzene rings is 2. The van der Waals surface area contributed by atoms with Crippen molar-refractivity contribution in [1.29, 1.82) is 0 Å². The van der Waals surface area contributed by atoms with Gasteiger partial charge in [-0.2, -0.15) is 9.30 Å². The summed E-state index contributed by atoms with van der Waals surface area (Å²) < 4.78 is 57.0. The summed E-state index contributed by atoms with van der Waals surface area (Å²) in [6.45, 7) is 6.89. The van der Waals surface area contributed by atoms with E-state index in [1.807, 2.05) is 0 Å².